The van der Waals surface area contributed by atoms with E-state index in [9.17, 15) is 0 Å². The van der Waals surface area contributed by atoms with Crippen molar-refractivity contribution in [3.8, 4) is 16.9 Å². The lowest BCUT2D eigenvalue weighted by molar-refractivity contribution is 0.217. The van der Waals surface area contributed by atoms with E-state index in [-0.39, 0.29) is 0 Å². The van der Waals surface area contributed by atoms with Gasteiger partial charge in [-0.1, -0.05) is 56.2 Å². The minimum atomic E-state index is 0.532. The lowest BCUT2D eigenvalue weighted by Crippen LogP contribution is -2.19. The van der Waals surface area contributed by atoms with Gasteiger partial charge >= 0.3 is 0 Å². The van der Waals surface area contributed by atoms with E-state index in [4.69, 9.17) is 9.47 Å². The molecule has 3 atom stereocenters. The Morgan fingerprint density at radius 1 is 0.885 bits per heavy atom. The normalized spacial score (nSPS) is 24.1. The highest BCUT2D eigenvalue weighted by Crippen LogP contribution is 2.39. The van der Waals surface area contributed by atoms with E-state index in [1.54, 1.807) is 0 Å². The summed E-state index contributed by atoms with van der Waals surface area (Å²) in [5.41, 5.74) is 3.97. The topological polar surface area (TPSA) is 21.8 Å². The van der Waals surface area contributed by atoms with Gasteiger partial charge in [-0.3, -0.25) is 0 Å². The van der Waals surface area contributed by atoms with Gasteiger partial charge in [-0.15, -0.1) is 0 Å². The molecular weight excluding hydrogens is 320 g/mol. The molecule has 2 fully saturated rings. The van der Waals surface area contributed by atoms with Gasteiger partial charge in [0.15, 0.2) is 0 Å². The number of rotatable bonds is 8. The van der Waals surface area contributed by atoms with Gasteiger partial charge in [0.25, 0.3) is 0 Å². The van der Waals surface area contributed by atoms with Gasteiger partial charge in [-0.05, 0) is 66.8 Å². The summed E-state index contributed by atoms with van der Waals surface area (Å²) >= 11 is 0. The zero-order chi connectivity index (χ0) is 17.8. The molecule has 0 radical (unpaired) electrons. The number of aryl methyl sites for hydroxylation is 1. The van der Waals surface area contributed by atoms with Gasteiger partial charge in [0.05, 0.1) is 18.8 Å². The van der Waals surface area contributed by atoms with E-state index in [0.29, 0.717) is 18.1 Å². The van der Waals surface area contributed by atoms with Crippen LogP contribution < -0.4 is 4.74 Å². The highest BCUT2D eigenvalue weighted by Gasteiger charge is 2.43. The number of ether oxygens (including phenoxy) is 2. The zero-order valence-electron chi connectivity index (χ0n) is 15.8. The van der Waals surface area contributed by atoms with Crippen molar-refractivity contribution in [2.24, 2.45) is 5.92 Å². The van der Waals surface area contributed by atoms with Crippen LogP contribution in [0, 0.1) is 5.92 Å². The first-order valence-electron chi connectivity index (χ1n) is 10.3. The predicted octanol–water partition coefficient (Wildman–Crippen LogP) is 6.03. The Morgan fingerprint density at radius 3 is 2.31 bits per heavy atom. The zero-order valence-corrected chi connectivity index (χ0v) is 15.8. The molecule has 2 aromatic rings. The molecule has 1 aliphatic heterocycles. The SMILES string of the molecule is CCCCCc1ccc(-c2ccc(OCC3CCC4OC4C3)cc2)cc1. The first-order chi connectivity index (χ1) is 12.8. The van der Waals surface area contributed by atoms with Crippen LogP contribution >= 0.6 is 0 Å². The van der Waals surface area contributed by atoms with Crippen molar-refractivity contribution in [3.05, 3.63) is 54.1 Å². The van der Waals surface area contributed by atoms with Crippen molar-refractivity contribution < 1.29 is 9.47 Å². The number of fused-ring (bicyclic) bond motifs is 1. The van der Waals surface area contributed by atoms with E-state index in [2.05, 4.69) is 55.5 Å². The Labute approximate surface area is 157 Å². The molecule has 138 valence electrons. The van der Waals surface area contributed by atoms with Crippen LogP contribution in [0.3, 0.4) is 0 Å². The van der Waals surface area contributed by atoms with Gasteiger partial charge in [0.1, 0.15) is 5.75 Å². The summed E-state index contributed by atoms with van der Waals surface area (Å²) in [6.45, 7) is 3.07. The fourth-order valence-corrected chi connectivity index (χ4v) is 4.04. The first kappa shape index (κ1) is 17.6. The van der Waals surface area contributed by atoms with Gasteiger partial charge in [-0.25, -0.2) is 0 Å². The Hall–Kier alpha value is -1.80. The molecule has 26 heavy (non-hydrogen) atoms. The van der Waals surface area contributed by atoms with Crippen molar-refractivity contribution in [2.45, 2.75) is 64.1 Å². The van der Waals surface area contributed by atoms with E-state index >= 15 is 0 Å². The number of benzene rings is 2. The van der Waals surface area contributed by atoms with Crippen LogP contribution in [0.2, 0.25) is 0 Å². The third-order valence-electron chi connectivity index (χ3n) is 5.81. The molecule has 3 unspecified atom stereocenters. The number of hydrogen-bond acceptors (Lipinski definition) is 2. The molecule has 4 rings (SSSR count). The average Bonchev–Trinajstić information content (AvgIpc) is 3.46. The highest BCUT2D eigenvalue weighted by molar-refractivity contribution is 5.64. The molecule has 2 aromatic carbocycles. The largest absolute Gasteiger partial charge is 0.493 e. The Kier molecular flexibility index (Phi) is 5.59. The van der Waals surface area contributed by atoms with Crippen LogP contribution in [0.1, 0.15) is 51.0 Å². The summed E-state index contributed by atoms with van der Waals surface area (Å²) in [7, 11) is 0. The molecule has 0 amide bonds. The molecule has 0 spiro atoms. The maximum absolute atomic E-state index is 6.02. The van der Waals surface area contributed by atoms with Crippen molar-refractivity contribution in [3.63, 3.8) is 0 Å². The van der Waals surface area contributed by atoms with Gasteiger partial charge in [0.2, 0.25) is 0 Å². The second-order valence-electron chi connectivity index (χ2n) is 7.88. The predicted molar refractivity (Wildman–Crippen MR) is 107 cm³/mol. The van der Waals surface area contributed by atoms with Crippen LogP contribution in [-0.4, -0.2) is 18.8 Å². The molecule has 1 saturated carbocycles. The number of hydrogen-bond donors (Lipinski definition) is 0. The fourth-order valence-electron chi connectivity index (χ4n) is 4.04. The van der Waals surface area contributed by atoms with Crippen LogP contribution in [0.15, 0.2) is 48.5 Å². The molecule has 2 nitrogen and oxygen atoms in total. The molecule has 0 aromatic heterocycles. The number of epoxide rings is 1. The van der Waals surface area contributed by atoms with Crippen molar-refractivity contribution >= 4 is 0 Å². The third kappa shape index (κ3) is 4.48. The van der Waals surface area contributed by atoms with Crippen LogP contribution in [-0.2, 0) is 11.2 Å². The lowest BCUT2D eigenvalue weighted by Gasteiger charge is -2.19. The summed E-state index contributed by atoms with van der Waals surface area (Å²) < 4.78 is 11.6. The quantitative estimate of drug-likeness (QED) is 0.428. The summed E-state index contributed by atoms with van der Waals surface area (Å²) in [6.07, 6.45) is 9.81. The highest BCUT2D eigenvalue weighted by atomic mass is 16.6. The molecular formula is C24H30O2. The average molecular weight is 351 g/mol. The maximum Gasteiger partial charge on any atom is 0.119 e. The molecule has 2 heteroatoms. The van der Waals surface area contributed by atoms with Crippen molar-refractivity contribution in [2.75, 3.05) is 6.61 Å². The molecule has 1 heterocycles. The van der Waals surface area contributed by atoms with Gasteiger partial charge in [0, 0.05) is 0 Å². The Morgan fingerprint density at radius 2 is 1.62 bits per heavy atom. The first-order valence-corrected chi connectivity index (χ1v) is 10.3. The minimum absolute atomic E-state index is 0.532. The molecule has 1 saturated heterocycles. The summed E-state index contributed by atoms with van der Waals surface area (Å²) in [4.78, 5) is 0. The Bertz CT molecular complexity index is 689. The van der Waals surface area contributed by atoms with Gasteiger partial charge < -0.3 is 9.47 Å². The van der Waals surface area contributed by atoms with E-state index < -0.39 is 0 Å². The molecule has 2 aliphatic rings. The monoisotopic (exact) mass is 350 g/mol. The van der Waals surface area contributed by atoms with Crippen LogP contribution in [0.4, 0.5) is 0 Å². The fraction of sp³-hybridized carbons (Fsp3) is 0.500. The number of unbranched alkanes of at least 4 members (excludes halogenated alkanes) is 2. The van der Waals surface area contributed by atoms with E-state index in [1.165, 1.54) is 61.6 Å². The summed E-state index contributed by atoms with van der Waals surface area (Å²) in [5.74, 6) is 1.63. The smallest absolute Gasteiger partial charge is 0.119 e. The van der Waals surface area contributed by atoms with Gasteiger partial charge in [-0.2, -0.15) is 0 Å². The van der Waals surface area contributed by atoms with Crippen molar-refractivity contribution in [1.29, 1.82) is 0 Å². The van der Waals surface area contributed by atoms with Crippen LogP contribution in [0.25, 0.3) is 11.1 Å². The molecule has 0 N–H and O–H groups in total. The lowest BCUT2D eigenvalue weighted by atomic mass is 9.90. The summed E-state index contributed by atoms with van der Waals surface area (Å²) in [6, 6.07) is 17.6. The standard InChI is InChI=1S/C24H30O2/c1-2-3-4-5-18-6-9-20(10-7-18)21-11-13-22(14-12-21)25-17-19-8-15-23-24(16-19)26-23/h6-7,9-14,19,23-24H,2-5,8,15-17H2,1H3. The maximum atomic E-state index is 6.02. The Balaban J connectivity index is 1.29. The second-order valence-corrected chi connectivity index (χ2v) is 7.88. The van der Waals surface area contributed by atoms with Crippen LogP contribution in [0.5, 0.6) is 5.75 Å². The van der Waals surface area contributed by atoms with Crippen molar-refractivity contribution in [1.82, 2.24) is 0 Å². The molecule has 1 aliphatic carbocycles. The summed E-state index contributed by atoms with van der Waals surface area (Å²) in [5, 5.41) is 0. The second kappa shape index (κ2) is 8.26. The van der Waals surface area contributed by atoms with E-state index in [0.717, 1.165) is 12.4 Å². The molecule has 0 bridgehead atoms. The minimum Gasteiger partial charge on any atom is -0.493 e. The van der Waals surface area contributed by atoms with E-state index in [1.807, 2.05) is 0 Å². The third-order valence-corrected chi connectivity index (χ3v) is 5.81.